The number of benzene rings is 2. The SMILES string of the molecule is O=S(=O)(NCCN1CCN(Cc2ccc3c(c2)OCO3)CC1)c1ccc(Cl)c2ncccc12. The van der Waals surface area contributed by atoms with E-state index in [1.54, 1.807) is 24.4 Å². The van der Waals surface area contributed by atoms with Gasteiger partial charge in [-0.2, -0.15) is 0 Å². The van der Waals surface area contributed by atoms with E-state index in [4.69, 9.17) is 21.1 Å². The molecule has 5 rings (SSSR count). The second-order valence-corrected chi connectivity index (χ2v) is 10.3. The molecule has 0 unspecified atom stereocenters. The summed E-state index contributed by atoms with van der Waals surface area (Å²) in [7, 11) is -3.67. The van der Waals surface area contributed by atoms with Gasteiger partial charge >= 0.3 is 0 Å². The first-order chi connectivity index (χ1) is 16.0. The van der Waals surface area contributed by atoms with Crippen LogP contribution in [0.15, 0.2) is 53.6 Å². The Morgan fingerprint density at radius 2 is 1.79 bits per heavy atom. The summed E-state index contributed by atoms with van der Waals surface area (Å²) in [5, 5.41) is 0.956. The van der Waals surface area contributed by atoms with E-state index >= 15 is 0 Å². The highest BCUT2D eigenvalue weighted by Gasteiger charge is 2.21. The predicted molar refractivity (Wildman–Crippen MR) is 126 cm³/mol. The van der Waals surface area contributed by atoms with Crippen molar-refractivity contribution < 1.29 is 17.9 Å². The number of pyridine rings is 1. The van der Waals surface area contributed by atoms with E-state index in [9.17, 15) is 8.42 Å². The standard InChI is InChI=1S/C23H25ClN4O4S/c24-19-4-6-22(18-2-1-7-25-23(18)19)33(29,30)26-8-9-27-10-12-28(13-11-27)15-17-3-5-20-21(14-17)32-16-31-20/h1-7,14,26H,8-13,15-16H2. The van der Waals surface area contributed by atoms with E-state index in [1.165, 1.54) is 11.6 Å². The third kappa shape index (κ3) is 4.92. The molecule has 10 heteroatoms. The van der Waals surface area contributed by atoms with Gasteiger partial charge in [0.05, 0.1) is 15.4 Å². The lowest BCUT2D eigenvalue weighted by molar-refractivity contribution is 0.129. The summed E-state index contributed by atoms with van der Waals surface area (Å²) in [5.74, 6) is 1.61. The molecule has 174 valence electrons. The van der Waals surface area contributed by atoms with Gasteiger partial charge in [-0.05, 0) is 42.0 Å². The molecule has 1 fully saturated rings. The summed E-state index contributed by atoms with van der Waals surface area (Å²) in [6.07, 6.45) is 1.60. The monoisotopic (exact) mass is 488 g/mol. The Balaban J connectivity index is 1.12. The molecule has 1 saturated heterocycles. The van der Waals surface area contributed by atoms with Gasteiger partial charge in [0.25, 0.3) is 0 Å². The minimum Gasteiger partial charge on any atom is -0.454 e. The Morgan fingerprint density at radius 3 is 2.64 bits per heavy atom. The highest BCUT2D eigenvalue weighted by molar-refractivity contribution is 7.89. The van der Waals surface area contributed by atoms with E-state index in [-0.39, 0.29) is 11.7 Å². The van der Waals surface area contributed by atoms with Crippen molar-refractivity contribution in [3.05, 3.63) is 59.2 Å². The van der Waals surface area contributed by atoms with Crippen molar-refractivity contribution in [2.75, 3.05) is 46.1 Å². The van der Waals surface area contributed by atoms with Gasteiger partial charge in [0, 0.05) is 57.4 Å². The number of nitrogens with zero attached hydrogens (tertiary/aromatic N) is 3. The topological polar surface area (TPSA) is 84.0 Å². The van der Waals surface area contributed by atoms with E-state index in [0.29, 0.717) is 29.0 Å². The highest BCUT2D eigenvalue weighted by Crippen LogP contribution is 2.33. The Morgan fingerprint density at radius 1 is 1.00 bits per heavy atom. The molecule has 0 bridgehead atoms. The second-order valence-electron chi connectivity index (χ2n) is 8.15. The van der Waals surface area contributed by atoms with Gasteiger partial charge in [-0.25, -0.2) is 13.1 Å². The molecule has 0 atom stereocenters. The van der Waals surface area contributed by atoms with Crippen LogP contribution in [0.2, 0.25) is 5.02 Å². The summed E-state index contributed by atoms with van der Waals surface area (Å²) in [6, 6.07) is 12.6. The zero-order chi connectivity index (χ0) is 22.8. The molecule has 2 aliphatic heterocycles. The number of sulfonamides is 1. The largest absolute Gasteiger partial charge is 0.454 e. The molecule has 0 spiro atoms. The summed E-state index contributed by atoms with van der Waals surface area (Å²) >= 11 is 6.17. The Kier molecular flexibility index (Phi) is 6.40. The zero-order valence-corrected chi connectivity index (χ0v) is 19.6. The first kappa shape index (κ1) is 22.4. The number of piperazine rings is 1. The van der Waals surface area contributed by atoms with E-state index in [2.05, 4.69) is 25.6 Å². The van der Waals surface area contributed by atoms with Crippen molar-refractivity contribution in [2.24, 2.45) is 0 Å². The Labute approximate surface area is 198 Å². The minimum atomic E-state index is -3.67. The fourth-order valence-corrected chi connectivity index (χ4v) is 5.66. The fourth-order valence-electron chi connectivity index (χ4n) is 4.23. The molecular formula is C23H25ClN4O4S. The van der Waals surface area contributed by atoms with Crippen LogP contribution in [0, 0.1) is 0 Å². The van der Waals surface area contributed by atoms with Gasteiger partial charge in [-0.3, -0.25) is 14.8 Å². The lowest BCUT2D eigenvalue weighted by atomic mass is 10.1. The van der Waals surface area contributed by atoms with Crippen molar-refractivity contribution in [3.8, 4) is 11.5 Å². The van der Waals surface area contributed by atoms with Gasteiger partial charge in [0.15, 0.2) is 11.5 Å². The first-order valence-electron chi connectivity index (χ1n) is 10.9. The van der Waals surface area contributed by atoms with Gasteiger partial charge < -0.3 is 9.47 Å². The van der Waals surface area contributed by atoms with Crippen LogP contribution in [0.25, 0.3) is 10.9 Å². The number of hydrogen-bond acceptors (Lipinski definition) is 7. The third-order valence-corrected chi connectivity index (χ3v) is 7.82. The van der Waals surface area contributed by atoms with Crippen molar-refractivity contribution >= 4 is 32.5 Å². The van der Waals surface area contributed by atoms with E-state index < -0.39 is 10.0 Å². The number of ether oxygens (including phenoxy) is 2. The maximum absolute atomic E-state index is 12.9. The van der Waals surface area contributed by atoms with Crippen molar-refractivity contribution in [1.82, 2.24) is 19.5 Å². The molecule has 0 amide bonds. The van der Waals surface area contributed by atoms with Crippen molar-refractivity contribution in [2.45, 2.75) is 11.4 Å². The lowest BCUT2D eigenvalue weighted by Gasteiger charge is -2.34. The lowest BCUT2D eigenvalue weighted by Crippen LogP contribution is -2.48. The normalized spacial score (nSPS) is 17.0. The van der Waals surface area contributed by atoms with Crippen LogP contribution in [-0.2, 0) is 16.6 Å². The summed E-state index contributed by atoms with van der Waals surface area (Å²) < 4.78 is 39.4. The smallest absolute Gasteiger partial charge is 0.241 e. The summed E-state index contributed by atoms with van der Waals surface area (Å²) in [6.45, 7) is 5.76. The molecule has 2 aliphatic rings. The zero-order valence-electron chi connectivity index (χ0n) is 18.0. The maximum atomic E-state index is 12.9. The van der Waals surface area contributed by atoms with Crippen molar-refractivity contribution in [3.63, 3.8) is 0 Å². The number of nitrogens with one attached hydrogen (secondary N) is 1. The Bertz CT molecular complexity index is 1260. The average Bonchev–Trinajstić information content (AvgIpc) is 3.28. The highest BCUT2D eigenvalue weighted by atomic mass is 35.5. The summed E-state index contributed by atoms with van der Waals surface area (Å²) in [5.41, 5.74) is 1.69. The van der Waals surface area contributed by atoms with Crippen LogP contribution in [-0.4, -0.2) is 69.3 Å². The van der Waals surface area contributed by atoms with Crippen LogP contribution in [0.5, 0.6) is 11.5 Å². The molecular weight excluding hydrogens is 464 g/mol. The molecule has 33 heavy (non-hydrogen) atoms. The van der Waals surface area contributed by atoms with Crippen LogP contribution in [0.3, 0.4) is 0 Å². The molecule has 0 radical (unpaired) electrons. The molecule has 3 heterocycles. The molecule has 0 aliphatic carbocycles. The quantitative estimate of drug-likeness (QED) is 0.547. The molecule has 8 nitrogen and oxygen atoms in total. The van der Waals surface area contributed by atoms with E-state index in [0.717, 1.165) is 44.2 Å². The average molecular weight is 489 g/mol. The number of fused-ring (bicyclic) bond motifs is 2. The fraction of sp³-hybridized carbons (Fsp3) is 0.348. The maximum Gasteiger partial charge on any atom is 0.241 e. The van der Waals surface area contributed by atoms with Gasteiger partial charge in [-0.1, -0.05) is 17.7 Å². The van der Waals surface area contributed by atoms with Gasteiger partial charge in [0.1, 0.15) is 0 Å². The minimum absolute atomic E-state index is 0.198. The van der Waals surface area contributed by atoms with Gasteiger partial charge in [0.2, 0.25) is 16.8 Å². The molecule has 1 aromatic heterocycles. The van der Waals surface area contributed by atoms with Crippen LogP contribution < -0.4 is 14.2 Å². The Hall–Kier alpha value is -2.43. The van der Waals surface area contributed by atoms with Crippen LogP contribution in [0.1, 0.15) is 5.56 Å². The molecule has 3 aromatic rings. The first-order valence-corrected chi connectivity index (χ1v) is 12.7. The molecule has 1 N–H and O–H groups in total. The van der Waals surface area contributed by atoms with Crippen molar-refractivity contribution in [1.29, 1.82) is 0 Å². The number of aromatic nitrogens is 1. The molecule has 2 aromatic carbocycles. The summed E-state index contributed by atoms with van der Waals surface area (Å²) in [4.78, 5) is 9.08. The molecule has 0 saturated carbocycles. The number of rotatable bonds is 7. The van der Waals surface area contributed by atoms with Gasteiger partial charge in [-0.15, -0.1) is 0 Å². The van der Waals surface area contributed by atoms with Crippen LogP contribution in [0.4, 0.5) is 0 Å². The number of halogens is 1. The second kappa shape index (κ2) is 9.44. The van der Waals surface area contributed by atoms with E-state index in [1.807, 2.05) is 12.1 Å². The third-order valence-electron chi connectivity index (χ3n) is 6.00. The van der Waals surface area contributed by atoms with Crippen LogP contribution >= 0.6 is 11.6 Å². The number of hydrogen-bond donors (Lipinski definition) is 1. The predicted octanol–water partition coefficient (Wildman–Crippen LogP) is 2.71.